The summed E-state index contributed by atoms with van der Waals surface area (Å²) in [6.45, 7) is 4.78. The normalized spacial score (nSPS) is 20.3. The summed E-state index contributed by atoms with van der Waals surface area (Å²) in [6, 6.07) is 8.11. The van der Waals surface area contributed by atoms with Crippen LogP contribution in [0.1, 0.15) is 25.5 Å². The highest BCUT2D eigenvalue weighted by Crippen LogP contribution is 2.31. The molecule has 2 amide bonds. The number of benzene rings is 1. The maximum Gasteiger partial charge on any atom is 0.322 e. The number of amides is 2. The van der Waals surface area contributed by atoms with E-state index in [0.717, 1.165) is 12.2 Å². The molecule has 14 heavy (non-hydrogen) atoms. The van der Waals surface area contributed by atoms with Crippen LogP contribution in [0, 0.1) is 0 Å². The number of urea groups is 1. The van der Waals surface area contributed by atoms with Gasteiger partial charge < -0.3 is 10.2 Å². The molecule has 0 unspecified atom stereocenters. The van der Waals surface area contributed by atoms with E-state index in [1.54, 1.807) is 0 Å². The fourth-order valence-corrected chi connectivity index (χ4v) is 1.92. The van der Waals surface area contributed by atoms with Gasteiger partial charge in [0.1, 0.15) is 0 Å². The number of fused-ring (bicyclic) bond motifs is 1. The highest BCUT2D eigenvalue weighted by Gasteiger charge is 2.27. The lowest BCUT2D eigenvalue weighted by Crippen LogP contribution is -2.40. The van der Waals surface area contributed by atoms with Crippen molar-refractivity contribution in [1.29, 1.82) is 0 Å². The van der Waals surface area contributed by atoms with E-state index in [2.05, 4.69) is 18.3 Å². The van der Waals surface area contributed by atoms with Crippen molar-refractivity contribution >= 4 is 11.7 Å². The number of carbonyl (C=O) groups is 1. The Hall–Kier alpha value is -1.51. The third-order valence-electron chi connectivity index (χ3n) is 2.72. The molecule has 3 heteroatoms. The first-order valence-corrected chi connectivity index (χ1v) is 4.90. The highest BCUT2D eigenvalue weighted by molar-refractivity contribution is 5.92. The van der Waals surface area contributed by atoms with Crippen LogP contribution in [0.2, 0.25) is 0 Å². The van der Waals surface area contributed by atoms with Gasteiger partial charge in [-0.15, -0.1) is 0 Å². The maximum absolute atomic E-state index is 11.6. The van der Waals surface area contributed by atoms with Crippen LogP contribution in [-0.4, -0.2) is 17.5 Å². The van der Waals surface area contributed by atoms with E-state index in [1.807, 2.05) is 30.0 Å². The lowest BCUT2D eigenvalue weighted by Gasteiger charge is -2.34. The molecule has 0 aromatic heterocycles. The van der Waals surface area contributed by atoms with Gasteiger partial charge in [-0.1, -0.05) is 18.2 Å². The minimum absolute atomic E-state index is 0.00120. The van der Waals surface area contributed by atoms with E-state index in [9.17, 15) is 4.79 Å². The van der Waals surface area contributed by atoms with E-state index in [1.165, 1.54) is 5.56 Å². The van der Waals surface area contributed by atoms with Crippen LogP contribution in [0.4, 0.5) is 10.5 Å². The summed E-state index contributed by atoms with van der Waals surface area (Å²) in [4.78, 5) is 13.4. The van der Waals surface area contributed by atoms with Gasteiger partial charge in [0.2, 0.25) is 0 Å². The van der Waals surface area contributed by atoms with Crippen molar-refractivity contribution in [2.75, 3.05) is 11.9 Å². The summed E-state index contributed by atoms with van der Waals surface area (Å²) < 4.78 is 0. The molecule has 1 heterocycles. The number of hydrogen-bond donors (Lipinski definition) is 1. The van der Waals surface area contributed by atoms with Gasteiger partial charge in [0.15, 0.2) is 0 Å². The lowest BCUT2D eigenvalue weighted by atomic mass is 10.0. The summed E-state index contributed by atoms with van der Waals surface area (Å²) in [5.41, 5.74) is 2.13. The quantitative estimate of drug-likeness (QED) is 0.725. The van der Waals surface area contributed by atoms with Crippen molar-refractivity contribution in [3.63, 3.8) is 0 Å². The molecule has 0 bridgehead atoms. The van der Waals surface area contributed by atoms with Gasteiger partial charge in [-0.2, -0.15) is 0 Å². The van der Waals surface area contributed by atoms with E-state index >= 15 is 0 Å². The molecule has 0 radical (unpaired) electrons. The van der Waals surface area contributed by atoms with Crippen LogP contribution >= 0.6 is 0 Å². The van der Waals surface area contributed by atoms with Crippen LogP contribution in [-0.2, 0) is 0 Å². The van der Waals surface area contributed by atoms with Crippen molar-refractivity contribution in [3.8, 4) is 0 Å². The number of anilines is 1. The Labute approximate surface area is 83.7 Å². The van der Waals surface area contributed by atoms with Gasteiger partial charge in [-0.25, -0.2) is 4.79 Å². The Bertz CT molecular complexity index is 362. The van der Waals surface area contributed by atoms with Gasteiger partial charge in [0.25, 0.3) is 0 Å². The number of rotatable bonds is 1. The Morgan fingerprint density at radius 2 is 2.14 bits per heavy atom. The molecule has 1 aromatic carbocycles. The molecule has 1 atom stereocenters. The van der Waals surface area contributed by atoms with E-state index in [4.69, 9.17) is 0 Å². The summed E-state index contributed by atoms with van der Waals surface area (Å²) in [5.74, 6) is 0. The summed E-state index contributed by atoms with van der Waals surface area (Å²) >= 11 is 0. The molecule has 1 aromatic rings. The minimum atomic E-state index is -0.00120. The number of carbonyl (C=O) groups excluding carboxylic acids is 1. The first-order chi connectivity index (χ1) is 6.74. The van der Waals surface area contributed by atoms with Crippen molar-refractivity contribution in [2.45, 2.75) is 19.9 Å². The fraction of sp³-hybridized carbons (Fsp3) is 0.364. The second kappa shape index (κ2) is 3.33. The largest absolute Gasteiger partial charge is 0.322 e. The molecule has 3 nitrogen and oxygen atoms in total. The molecule has 0 spiro atoms. The molecule has 0 saturated heterocycles. The van der Waals surface area contributed by atoms with Gasteiger partial charge in [0, 0.05) is 12.2 Å². The van der Waals surface area contributed by atoms with Crippen molar-refractivity contribution in [1.82, 2.24) is 4.90 Å². The second-order valence-corrected chi connectivity index (χ2v) is 3.48. The van der Waals surface area contributed by atoms with Crippen molar-refractivity contribution in [3.05, 3.63) is 29.8 Å². The molecule has 0 saturated carbocycles. The topological polar surface area (TPSA) is 32.3 Å². The minimum Gasteiger partial charge on any atom is -0.318 e. The molecule has 1 N–H and O–H groups in total. The Kier molecular flexibility index (Phi) is 2.15. The van der Waals surface area contributed by atoms with Gasteiger partial charge >= 0.3 is 6.03 Å². The Morgan fingerprint density at radius 1 is 1.43 bits per heavy atom. The van der Waals surface area contributed by atoms with Crippen LogP contribution in [0.5, 0.6) is 0 Å². The molecule has 0 aliphatic carbocycles. The monoisotopic (exact) mass is 190 g/mol. The van der Waals surface area contributed by atoms with Crippen LogP contribution < -0.4 is 5.32 Å². The predicted molar refractivity (Wildman–Crippen MR) is 56.3 cm³/mol. The second-order valence-electron chi connectivity index (χ2n) is 3.48. The molecule has 0 fully saturated rings. The number of hydrogen-bond acceptors (Lipinski definition) is 1. The first-order valence-electron chi connectivity index (χ1n) is 4.90. The zero-order valence-electron chi connectivity index (χ0n) is 8.45. The van der Waals surface area contributed by atoms with E-state index in [0.29, 0.717) is 0 Å². The highest BCUT2D eigenvalue weighted by atomic mass is 16.2. The molecular formula is C11H14N2O. The molecule has 74 valence electrons. The Morgan fingerprint density at radius 3 is 2.86 bits per heavy atom. The third kappa shape index (κ3) is 1.25. The van der Waals surface area contributed by atoms with Crippen LogP contribution in [0.15, 0.2) is 24.3 Å². The van der Waals surface area contributed by atoms with Crippen LogP contribution in [0.3, 0.4) is 0 Å². The average molecular weight is 190 g/mol. The zero-order valence-corrected chi connectivity index (χ0v) is 8.45. The van der Waals surface area contributed by atoms with Crippen molar-refractivity contribution in [2.24, 2.45) is 0 Å². The fourth-order valence-electron chi connectivity index (χ4n) is 1.92. The Balaban J connectivity index is 2.43. The molecule has 2 rings (SSSR count). The third-order valence-corrected chi connectivity index (χ3v) is 2.72. The van der Waals surface area contributed by atoms with E-state index < -0.39 is 0 Å². The SMILES string of the molecule is CCN1C(=O)Nc2ccccc2[C@H]1C. The smallest absolute Gasteiger partial charge is 0.318 e. The van der Waals surface area contributed by atoms with Gasteiger partial charge in [-0.05, 0) is 25.5 Å². The van der Waals surface area contributed by atoms with Gasteiger partial charge in [0.05, 0.1) is 6.04 Å². The molecule has 1 aliphatic rings. The first kappa shape index (κ1) is 9.06. The van der Waals surface area contributed by atoms with Crippen LogP contribution in [0.25, 0.3) is 0 Å². The average Bonchev–Trinajstić information content (AvgIpc) is 2.18. The number of nitrogens with one attached hydrogen (secondary N) is 1. The summed E-state index contributed by atoms with van der Waals surface area (Å²) in [6.07, 6.45) is 0. The van der Waals surface area contributed by atoms with Crippen molar-refractivity contribution < 1.29 is 4.79 Å². The predicted octanol–water partition coefficient (Wildman–Crippen LogP) is 2.62. The summed E-state index contributed by atoms with van der Waals surface area (Å²) in [7, 11) is 0. The summed E-state index contributed by atoms with van der Waals surface area (Å²) in [5, 5.41) is 2.88. The maximum atomic E-state index is 11.6. The molecule has 1 aliphatic heterocycles. The standard InChI is InChI=1S/C11H14N2O/c1-3-13-8(2)9-6-4-5-7-10(9)12-11(13)14/h4-8H,3H2,1-2H3,(H,12,14)/t8-/m1/s1. The number of nitrogens with zero attached hydrogens (tertiary/aromatic N) is 1. The van der Waals surface area contributed by atoms with E-state index in [-0.39, 0.29) is 12.1 Å². The zero-order chi connectivity index (χ0) is 10.1. The van der Waals surface area contributed by atoms with Gasteiger partial charge in [-0.3, -0.25) is 0 Å². The lowest BCUT2D eigenvalue weighted by molar-refractivity contribution is 0.193. The molecular weight excluding hydrogens is 176 g/mol. The number of para-hydroxylation sites is 1.